The van der Waals surface area contributed by atoms with E-state index < -0.39 is 0 Å². The summed E-state index contributed by atoms with van der Waals surface area (Å²) in [6.07, 6.45) is 23.7. The molecule has 0 saturated carbocycles. The van der Waals surface area contributed by atoms with E-state index >= 15 is 0 Å². The highest BCUT2D eigenvalue weighted by Crippen LogP contribution is 2.16. The van der Waals surface area contributed by atoms with E-state index in [1.807, 2.05) is 0 Å². The molecule has 0 heteroatoms. The van der Waals surface area contributed by atoms with Crippen LogP contribution in [0.1, 0.15) is 116 Å². The molecule has 0 aromatic rings. The topological polar surface area (TPSA) is 0 Å². The minimum atomic E-state index is 0.899. The predicted octanol–water partition coefficient (Wildman–Crippen LogP) is 7.92. The molecule has 0 aliphatic carbocycles. The molecular weight excluding hydrogens is 252 g/mol. The molecule has 0 amide bonds. The van der Waals surface area contributed by atoms with E-state index in [1.54, 1.807) is 0 Å². The van der Waals surface area contributed by atoms with Gasteiger partial charge < -0.3 is 0 Å². The Labute approximate surface area is 136 Å². The quantitative estimate of drug-likeness (QED) is 0.239. The van der Waals surface area contributed by atoms with Crippen molar-refractivity contribution in [3.63, 3.8) is 0 Å². The van der Waals surface area contributed by atoms with Gasteiger partial charge in [-0.3, -0.25) is 0 Å². The fraction of sp³-hybridized carbons (Fsp3) is 0.905. The lowest BCUT2D eigenvalue weighted by Crippen LogP contribution is -1.93. The van der Waals surface area contributed by atoms with Crippen LogP contribution in [-0.2, 0) is 0 Å². The maximum atomic E-state index is 3.94. The maximum Gasteiger partial charge on any atom is -0.0443 e. The first-order valence-corrected chi connectivity index (χ1v) is 9.89. The van der Waals surface area contributed by atoms with E-state index in [9.17, 15) is 0 Å². The monoisotopic (exact) mass is 294 g/mol. The second-order valence-corrected chi connectivity index (χ2v) is 6.99. The molecule has 21 heavy (non-hydrogen) atoms. The van der Waals surface area contributed by atoms with Gasteiger partial charge in [0.25, 0.3) is 0 Å². The highest BCUT2D eigenvalue weighted by atomic mass is 14.1. The molecule has 0 nitrogen and oxygen atoms in total. The molecule has 0 bridgehead atoms. The summed E-state index contributed by atoms with van der Waals surface area (Å²) < 4.78 is 0. The van der Waals surface area contributed by atoms with Gasteiger partial charge in [-0.25, -0.2) is 0 Å². The lowest BCUT2D eigenvalue weighted by Gasteiger charge is -2.09. The number of unbranched alkanes of at least 4 members (excludes halogenated alkanes) is 13. The van der Waals surface area contributed by atoms with Crippen molar-refractivity contribution < 1.29 is 0 Å². The van der Waals surface area contributed by atoms with Crippen LogP contribution in [0, 0.1) is 19.8 Å². The molecular formula is C21H42. The van der Waals surface area contributed by atoms with Crippen LogP contribution in [-0.4, -0.2) is 0 Å². The van der Waals surface area contributed by atoms with E-state index in [1.165, 1.54) is 96.3 Å². The lowest BCUT2D eigenvalue weighted by molar-refractivity contribution is 0.456. The Morgan fingerprint density at radius 3 is 1.24 bits per heavy atom. The van der Waals surface area contributed by atoms with Crippen molar-refractivity contribution >= 4 is 0 Å². The van der Waals surface area contributed by atoms with Gasteiger partial charge in [-0.05, 0) is 5.92 Å². The largest absolute Gasteiger partial charge is 0.0625 e. The Hall–Kier alpha value is 0. The van der Waals surface area contributed by atoms with Gasteiger partial charge in [0.05, 0.1) is 0 Å². The zero-order valence-corrected chi connectivity index (χ0v) is 15.0. The summed E-state index contributed by atoms with van der Waals surface area (Å²) in [6, 6.07) is 0. The van der Waals surface area contributed by atoms with Crippen molar-refractivity contribution in [1.29, 1.82) is 0 Å². The van der Waals surface area contributed by atoms with Crippen molar-refractivity contribution in [2.75, 3.05) is 0 Å². The molecule has 0 aliphatic rings. The van der Waals surface area contributed by atoms with E-state index in [0.29, 0.717) is 0 Å². The Morgan fingerprint density at radius 2 is 0.857 bits per heavy atom. The highest BCUT2D eigenvalue weighted by molar-refractivity contribution is 4.55. The molecule has 126 valence electrons. The summed E-state index contributed by atoms with van der Waals surface area (Å²) in [5.41, 5.74) is 0. The molecule has 1 atom stereocenters. The summed E-state index contributed by atoms with van der Waals surface area (Å²) in [5.74, 6) is 0.899. The molecule has 0 spiro atoms. The van der Waals surface area contributed by atoms with E-state index in [-0.39, 0.29) is 0 Å². The fourth-order valence-electron chi connectivity index (χ4n) is 3.11. The van der Waals surface area contributed by atoms with Gasteiger partial charge in [-0.1, -0.05) is 130 Å². The van der Waals surface area contributed by atoms with Crippen LogP contribution in [0.3, 0.4) is 0 Å². The smallest absolute Gasteiger partial charge is 0.0443 e. The molecule has 1 unspecified atom stereocenters. The second kappa shape index (κ2) is 18.1. The van der Waals surface area contributed by atoms with Crippen molar-refractivity contribution in [2.45, 2.75) is 116 Å². The Morgan fingerprint density at radius 1 is 0.476 bits per heavy atom. The van der Waals surface area contributed by atoms with Crippen LogP contribution in [0.4, 0.5) is 0 Å². The summed E-state index contributed by atoms with van der Waals surface area (Å²) in [7, 11) is 0. The minimum absolute atomic E-state index is 0.899. The first-order chi connectivity index (χ1) is 10.3. The molecule has 0 aromatic heterocycles. The Bertz CT molecular complexity index is 173. The number of rotatable bonds is 17. The zero-order valence-electron chi connectivity index (χ0n) is 15.0. The van der Waals surface area contributed by atoms with Gasteiger partial charge in [0.2, 0.25) is 0 Å². The normalized spacial score (nSPS) is 12.7. The predicted molar refractivity (Wildman–Crippen MR) is 98.4 cm³/mol. The van der Waals surface area contributed by atoms with Gasteiger partial charge in [-0.15, -0.1) is 0 Å². The van der Waals surface area contributed by atoms with Gasteiger partial charge in [0, 0.05) is 0 Å². The van der Waals surface area contributed by atoms with Crippen LogP contribution < -0.4 is 0 Å². The lowest BCUT2D eigenvalue weighted by atomic mass is 9.98. The molecule has 0 heterocycles. The molecule has 0 aromatic carbocycles. The minimum Gasteiger partial charge on any atom is -0.0625 e. The van der Waals surface area contributed by atoms with Gasteiger partial charge in [-0.2, -0.15) is 0 Å². The van der Waals surface area contributed by atoms with Crippen molar-refractivity contribution in [1.82, 2.24) is 0 Å². The molecule has 0 rings (SSSR count). The first-order valence-electron chi connectivity index (χ1n) is 9.89. The Kier molecular flexibility index (Phi) is 18.1. The standard InChI is InChI=1S/C21H42/c1-4-6-7-8-9-10-11-12-13-14-15-16-17-18-20-21(3)19-5-2/h21H,1-2,4-20H2,3H3. The van der Waals surface area contributed by atoms with E-state index in [2.05, 4.69) is 20.8 Å². The van der Waals surface area contributed by atoms with Gasteiger partial charge in [0.15, 0.2) is 0 Å². The SMILES string of the molecule is [CH2]CCCCCCCCCCCCCCCC(C)CC[CH2]. The molecule has 0 fully saturated rings. The molecule has 0 N–H and O–H groups in total. The average Bonchev–Trinajstić information content (AvgIpc) is 2.48. The second-order valence-electron chi connectivity index (χ2n) is 6.99. The third kappa shape index (κ3) is 18.0. The van der Waals surface area contributed by atoms with Crippen LogP contribution in [0.5, 0.6) is 0 Å². The molecule has 0 aliphatic heterocycles. The summed E-state index contributed by atoms with van der Waals surface area (Å²) >= 11 is 0. The van der Waals surface area contributed by atoms with Gasteiger partial charge in [0.1, 0.15) is 0 Å². The molecule has 2 radical (unpaired) electrons. The van der Waals surface area contributed by atoms with E-state index in [4.69, 9.17) is 0 Å². The highest BCUT2D eigenvalue weighted by Gasteiger charge is 2.00. The average molecular weight is 295 g/mol. The number of hydrogen-bond acceptors (Lipinski definition) is 0. The van der Waals surface area contributed by atoms with Crippen molar-refractivity contribution in [3.05, 3.63) is 13.8 Å². The Balaban J connectivity index is 2.99. The summed E-state index contributed by atoms with van der Waals surface area (Å²) in [4.78, 5) is 0. The van der Waals surface area contributed by atoms with Crippen LogP contribution in [0.2, 0.25) is 0 Å². The third-order valence-corrected chi connectivity index (χ3v) is 4.64. The fourth-order valence-corrected chi connectivity index (χ4v) is 3.11. The molecule has 0 saturated heterocycles. The van der Waals surface area contributed by atoms with Gasteiger partial charge >= 0.3 is 0 Å². The van der Waals surface area contributed by atoms with Crippen LogP contribution in [0.15, 0.2) is 0 Å². The first kappa shape index (κ1) is 21.0. The van der Waals surface area contributed by atoms with E-state index in [0.717, 1.165) is 18.8 Å². The van der Waals surface area contributed by atoms with Crippen molar-refractivity contribution in [2.24, 2.45) is 5.92 Å². The van der Waals surface area contributed by atoms with Crippen LogP contribution >= 0.6 is 0 Å². The zero-order chi connectivity index (χ0) is 15.6. The summed E-state index contributed by atoms with van der Waals surface area (Å²) in [5, 5.41) is 0. The summed E-state index contributed by atoms with van der Waals surface area (Å²) in [6.45, 7) is 10.2. The third-order valence-electron chi connectivity index (χ3n) is 4.64. The number of hydrogen-bond donors (Lipinski definition) is 0. The van der Waals surface area contributed by atoms with Crippen LogP contribution in [0.25, 0.3) is 0 Å². The maximum absolute atomic E-state index is 3.94. The van der Waals surface area contributed by atoms with Crippen molar-refractivity contribution in [3.8, 4) is 0 Å².